The Morgan fingerprint density at radius 3 is 2.73 bits per heavy atom. The standard InChI is InChI=1S/C19H15ClN2O3S/c20-15-7-1-2-8-16(15)24-12-13-5-3-6-14(11-13)19(23)25-22-18(21)17-9-4-10-26-17/h1-11H,12H2,(H2,21,22). The van der Waals surface area contributed by atoms with Crippen LogP contribution in [-0.4, -0.2) is 11.8 Å². The van der Waals surface area contributed by atoms with Crippen molar-refractivity contribution in [3.05, 3.63) is 87.1 Å². The lowest BCUT2D eigenvalue weighted by atomic mass is 10.1. The molecule has 0 aliphatic heterocycles. The molecule has 0 atom stereocenters. The molecule has 0 fully saturated rings. The predicted octanol–water partition coefficient (Wildman–Crippen LogP) is 4.46. The highest BCUT2D eigenvalue weighted by molar-refractivity contribution is 7.12. The van der Waals surface area contributed by atoms with Crippen molar-refractivity contribution in [3.8, 4) is 5.75 Å². The molecule has 0 saturated heterocycles. The Balaban J connectivity index is 1.64. The Morgan fingerprint density at radius 2 is 1.96 bits per heavy atom. The summed E-state index contributed by atoms with van der Waals surface area (Å²) in [7, 11) is 0. The van der Waals surface area contributed by atoms with E-state index < -0.39 is 5.97 Å². The highest BCUT2D eigenvalue weighted by Gasteiger charge is 2.10. The Hall–Kier alpha value is -2.83. The van der Waals surface area contributed by atoms with Gasteiger partial charge in [0.25, 0.3) is 0 Å². The first kappa shape index (κ1) is 18.0. The number of carbonyl (C=O) groups is 1. The molecule has 1 heterocycles. The number of ether oxygens (including phenoxy) is 1. The fourth-order valence-corrected chi connectivity index (χ4v) is 2.93. The van der Waals surface area contributed by atoms with E-state index in [1.165, 1.54) is 11.3 Å². The van der Waals surface area contributed by atoms with Crippen molar-refractivity contribution in [1.29, 1.82) is 0 Å². The second-order valence-corrected chi connectivity index (χ2v) is 6.61. The molecule has 0 aliphatic carbocycles. The third-order valence-electron chi connectivity index (χ3n) is 3.39. The minimum Gasteiger partial charge on any atom is -0.487 e. The van der Waals surface area contributed by atoms with Crippen molar-refractivity contribution in [2.24, 2.45) is 10.9 Å². The first-order valence-corrected chi connectivity index (χ1v) is 8.94. The van der Waals surface area contributed by atoms with Crippen LogP contribution in [0.25, 0.3) is 0 Å². The maximum Gasteiger partial charge on any atom is 0.365 e. The number of oxime groups is 1. The number of nitrogens with two attached hydrogens (primary N) is 1. The summed E-state index contributed by atoms with van der Waals surface area (Å²) in [5.74, 6) is 0.145. The number of rotatable bonds is 6. The van der Waals surface area contributed by atoms with Gasteiger partial charge >= 0.3 is 5.97 Å². The lowest BCUT2D eigenvalue weighted by molar-refractivity contribution is 0.0516. The van der Waals surface area contributed by atoms with E-state index in [0.29, 0.717) is 16.3 Å². The third-order valence-corrected chi connectivity index (χ3v) is 4.60. The molecule has 0 bridgehead atoms. The number of thiophene rings is 1. The number of carbonyl (C=O) groups excluding carboxylic acids is 1. The molecule has 3 rings (SSSR count). The average Bonchev–Trinajstić information content (AvgIpc) is 3.20. The Morgan fingerprint density at radius 1 is 1.12 bits per heavy atom. The molecule has 0 saturated carbocycles. The summed E-state index contributed by atoms with van der Waals surface area (Å²) < 4.78 is 5.67. The molecule has 1 aromatic heterocycles. The monoisotopic (exact) mass is 386 g/mol. The van der Waals surface area contributed by atoms with Crippen LogP contribution in [0.5, 0.6) is 5.75 Å². The third kappa shape index (κ3) is 4.62. The number of amidine groups is 1. The first-order valence-electron chi connectivity index (χ1n) is 7.68. The van der Waals surface area contributed by atoms with Gasteiger partial charge in [-0.2, -0.15) is 0 Å². The van der Waals surface area contributed by atoms with Crippen molar-refractivity contribution in [3.63, 3.8) is 0 Å². The Kier molecular flexibility index (Phi) is 5.88. The van der Waals surface area contributed by atoms with Crippen LogP contribution < -0.4 is 10.5 Å². The van der Waals surface area contributed by atoms with E-state index in [1.807, 2.05) is 29.6 Å². The minimum atomic E-state index is -0.593. The Bertz CT molecular complexity index is 926. The minimum absolute atomic E-state index is 0.159. The summed E-state index contributed by atoms with van der Waals surface area (Å²) in [6.07, 6.45) is 0. The fraction of sp³-hybridized carbons (Fsp3) is 0.0526. The molecule has 0 aliphatic rings. The Labute approximate surface area is 159 Å². The molecule has 0 amide bonds. The van der Waals surface area contributed by atoms with Crippen molar-refractivity contribution < 1.29 is 14.4 Å². The zero-order chi connectivity index (χ0) is 18.4. The molecule has 132 valence electrons. The molecule has 0 spiro atoms. The lowest BCUT2D eigenvalue weighted by Crippen LogP contribution is -2.13. The van der Waals surface area contributed by atoms with Gasteiger partial charge in [0.15, 0.2) is 5.84 Å². The number of para-hydroxylation sites is 1. The van der Waals surface area contributed by atoms with Gasteiger partial charge < -0.3 is 15.3 Å². The van der Waals surface area contributed by atoms with Crippen LogP contribution in [0.4, 0.5) is 0 Å². The van der Waals surface area contributed by atoms with Gasteiger partial charge in [-0.25, -0.2) is 4.79 Å². The molecule has 2 aromatic carbocycles. The van der Waals surface area contributed by atoms with E-state index in [1.54, 1.807) is 36.4 Å². The van der Waals surface area contributed by atoms with Gasteiger partial charge in [-0.05, 0) is 41.3 Å². The summed E-state index contributed by atoms with van der Waals surface area (Å²) in [6.45, 7) is 0.269. The highest BCUT2D eigenvalue weighted by atomic mass is 35.5. The summed E-state index contributed by atoms with van der Waals surface area (Å²) in [4.78, 5) is 17.8. The molecular formula is C19H15ClN2O3S. The van der Waals surface area contributed by atoms with E-state index in [-0.39, 0.29) is 12.4 Å². The van der Waals surface area contributed by atoms with Crippen LogP contribution in [0.3, 0.4) is 0 Å². The van der Waals surface area contributed by atoms with Gasteiger partial charge in [0.2, 0.25) is 0 Å². The van der Waals surface area contributed by atoms with Crippen molar-refractivity contribution >= 4 is 34.7 Å². The lowest BCUT2D eigenvalue weighted by Gasteiger charge is -2.08. The van der Waals surface area contributed by atoms with Gasteiger partial charge in [0.1, 0.15) is 12.4 Å². The van der Waals surface area contributed by atoms with Gasteiger partial charge in [-0.1, -0.05) is 47.1 Å². The van der Waals surface area contributed by atoms with Gasteiger partial charge in [-0.3, -0.25) is 0 Å². The van der Waals surface area contributed by atoms with Crippen molar-refractivity contribution in [1.82, 2.24) is 0 Å². The van der Waals surface area contributed by atoms with E-state index in [9.17, 15) is 4.79 Å². The molecule has 7 heteroatoms. The van der Waals surface area contributed by atoms with Crippen LogP contribution in [0.2, 0.25) is 5.02 Å². The topological polar surface area (TPSA) is 73.9 Å². The van der Waals surface area contributed by atoms with Gasteiger partial charge in [0.05, 0.1) is 15.5 Å². The second-order valence-electron chi connectivity index (χ2n) is 5.25. The number of hydrogen-bond donors (Lipinski definition) is 1. The predicted molar refractivity (Wildman–Crippen MR) is 103 cm³/mol. The zero-order valence-corrected chi connectivity index (χ0v) is 15.2. The number of nitrogens with zero attached hydrogens (tertiary/aromatic N) is 1. The van der Waals surface area contributed by atoms with Crippen molar-refractivity contribution in [2.75, 3.05) is 0 Å². The number of benzene rings is 2. The highest BCUT2D eigenvalue weighted by Crippen LogP contribution is 2.24. The van der Waals surface area contributed by atoms with Crippen LogP contribution in [0, 0.1) is 0 Å². The fourth-order valence-electron chi connectivity index (χ4n) is 2.12. The number of hydrogen-bond acceptors (Lipinski definition) is 5. The quantitative estimate of drug-likeness (QED) is 0.294. The maximum absolute atomic E-state index is 12.2. The van der Waals surface area contributed by atoms with E-state index in [0.717, 1.165) is 10.4 Å². The summed E-state index contributed by atoms with van der Waals surface area (Å²) in [5, 5.41) is 6.08. The smallest absolute Gasteiger partial charge is 0.365 e. The molecular weight excluding hydrogens is 372 g/mol. The van der Waals surface area contributed by atoms with Crippen molar-refractivity contribution in [2.45, 2.75) is 6.61 Å². The number of halogens is 1. The molecule has 0 radical (unpaired) electrons. The largest absolute Gasteiger partial charge is 0.487 e. The van der Waals surface area contributed by atoms with E-state index in [4.69, 9.17) is 26.9 Å². The average molecular weight is 387 g/mol. The summed E-state index contributed by atoms with van der Waals surface area (Å²) >= 11 is 7.47. The van der Waals surface area contributed by atoms with Gasteiger partial charge in [0, 0.05) is 0 Å². The van der Waals surface area contributed by atoms with Crippen LogP contribution in [0.1, 0.15) is 20.8 Å². The van der Waals surface area contributed by atoms with Gasteiger partial charge in [-0.15, -0.1) is 11.3 Å². The molecule has 0 unspecified atom stereocenters. The molecule has 26 heavy (non-hydrogen) atoms. The van der Waals surface area contributed by atoms with E-state index >= 15 is 0 Å². The molecule has 3 aromatic rings. The molecule has 2 N–H and O–H groups in total. The van der Waals surface area contributed by atoms with E-state index in [2.05, 4.69) is 5.16 Å². The van der Waals surface area contributed by atoms with Crippen LogP contribution >= 0.6 is 22.9 Å². The SMILES string of the molecule is N/C(=N\OC(=O)c1cccc(COc2ccccc2Cl)c1)c1cccs1. The maximum atomic E-state index is 12.2. The van der Waals surface area contributed by atoms with Crippen LogP contribution in [-0.2, 0) is 11.4 Å². The summed E-state index contributed by atoms with van der Waals surface area (Å²) in [5.41, 5.74) is 6.93. The zero-order valence-electron chi connectivity index (χ0n) is 13.6. The van der Waals surface area contributed by atoms with Crippen LogP contribution in [0.15, 0.2) is 71.2 Å². The second kappa shape index (κ2) is 8.51. The first-order chi connectivity index (χ1) is 12.6. The normalized spacial score (nSPS) is 11.2. The summed E-state index contributed by atoms with van der Waals surface area (Å²) in [6, 6.07) is 17.7. The molecule has 5 nitrogen and oxygen atoms in total.